The fourth-order valence-corrected chi connectivity index (χ4v) is 2.33. The number of amides is 2. The second-order valence-corrected chi connectivity index (χ2v) is 5.24. The van der Waals surface area contributed by atoms with E-state index in [1.165, 1.54) is 0 Å². The van der Waals surface area contributed by atoms with Crippen LogP contribution < -0.4 is 20.3 Å². The summed E-state index contributed by atoms with van der Waals surface area (Å²) in [6, 6.07) is 8.59. The minimum atomic E-state index is -0.296. The highest BCUT2D eigenvalue weighted by molar-refractivity contribution is 6.09. The highest BCUT2D eigenvalue weighted by Gasteiger charge is 2.21. The zero-order valence-electron chi connectivity index (χ0n) is 12.8. The summed E-state index contributed by atoms with van der Waals surface area (Å²) in [5, 5.41) is 5.52. The third-order valence-corrected chi connectivity index (χ3v) is 3.34. The van der Waals surface area contributed by atoms with Crippen molar-refractivity contribution in [1.29, 1.82) is 0 Å². The molecule has 0 aliphatic carbocycles. The molecule has 2 amide bonds. The monoisotopic (exact) mass is 312 g/mol. The minimum absolute atomic E-state index is 0.0737. The smallest absolute Gasteiger partial charge is 0.262 e. The maximum atomic E-state index is 12.6. The van der Waals surface area contributed by atoms with Gasteiger partial charge in [0.15, 0.2) is 12.4 Å². The number of hydrogen-bond acceptors (Lipinski definition) is 5. The average molecular weight is 312 g/mol. The van der Waals surface area contributed by atoms with E-state index >= 15 is 0 Å². The largest absolute Gasteiger partial charge is 0.479 e. The van der Waals surface area contributed by atoms with Crippen LogP contribution in [0.25, 0.3) is 0 Å². The van der Waals surface area contributed by atoms with Crippen molar-refractivity contribution in [1.82, 2.24) is 4.98 Å². The van der Waals surface area contributed by atoms with Gasteiger partial charge in [-0.05, 0) is 24.3 Å². The van der Waals surface area contributed by atoms with Crippen LogP contribution in [0.4, 0.5) is 17.2 Å². The zero-order valence-corrected chi connectivity index (χ0v) is 12.8. The second-order valence-electron chi connectivity index (χ2n) is 5.24. The number of rotatable bonds is 3. The van der Waals surface area contributed by atoms with E-state index in [-0.39, 0.29) is 18.4 Å². The summed E-state index contributed by atoms with van der Waals surface area (Å²) in [6.45, 7) is -0.0737. The first-order valence-corrected chi connectivity index (χ1v) is 7.05. The highest BCUT2D eigenvalue weighted by Crippen LogP contribution is 2.35. The number of nitrogens with zero attached hydrogens (tertiary/aromatic N) is 2. The van der Waals surface area contributed by atoms with Gasteiger partial charge >= 0.3 is 0 Å². The molecule has 0 saturated heterocycles. The Morgan fingerprint density at radius 1 is 1.30 bits per heavy atom. The lowest BCUT2D eigenvalue weighted by Gasteiger charge is -2.21. The van der Waals surface area contributed by atoms with Crippen LogP contribution in [0.5, 0.6) is 5.75 Å². The van der Waals surface area contributed by atoms with Crippen LogP contribution in [0.15, 0.2) is 36.5 Å². The van der Waals surface area contributed by atoms with Gasteiger partial charge in [-0.1, -0.05) is 6.07 Å². The van der Waals surface area contributed by atoms with Crippen molar-refractivity contribution in [2.45, 2.75) is 0 Å². The number of para-hydroxylation sites is 1. The van der Waals surface area contributed by atoms with Gasteiger partial charge in [0, 0.05) is 20.3 Å². The van der Waals surface area contributed by atoms with E-state index < -0.39 is 0 Å². The molecule has 0 saturated carbocycles. The Balaban J connectivity index is 1.90. The summed E-state index contributed by atoms with van der Waals surface area (Å²) < 4.78 is 5.43. The molecule has 1 aliphatic heterocycles. The summed E-state index contributed by atoms with van der Waals surface area (Å²) in [5.74, 6) is 0.513. The molecule has 7 nitrogen and oxygen atoms in total. The molecule has 3 rings (SSSR count). The quantitative estimate of drug-likeness (QED) is 0.902. The number of carbonyl (C=O) groups excluding carboxylic acids is 2. The number of carbonyl (C=O) groups is 2. The molecular weight excluding hydrogens is 296 g/mol. The topological polar surface area (TPSA) is 83.6 Å². The maximum Gasteiger partial charge on any atom is 0.262 e. The molecule has 1 aliphatic rings. The van der Waals surface area contributed by atoms with Crippen LogP contribution in [-0.2, 0) is 4.79 Å². The molecule has 0 unspecified atom stereocenters. The van der Waals surface area contributed by atoms with Crippen molar-refractivity contribution < 1.29 is 14.3 Å². The Hall–Kier alpha value is -3.09. The van der Waals surface area contributed by atoms with Gasteiger partial charge in [-0.25, -0.2) is 4.98 Å². The first kappa shape index (κ1) is 14.8. The van der Waals surface area contributed by atoms with Gasteiger partial charge in [-0.15, -0.1) is 0 Å². The Morgan fingerprint density at radius 2 is 2.13 bits per heavy atom. The van der Waals surface area contributed by atoms with E-state index in [0.29, 0.717) is 28.5 Å². The standard InChI is InChI=1S/C16H16N4O3/c1-20(2)15-10(5-4-8-17-15)16(22)19-12-7-3-6-11-14(12)23-9-13(21)18-11/h3-8H,9H2,1-2H3,(H,18,21)(H,19,22). The number of aromatic nitrogens is 1. The van der Waals surface area contributed by atoms with Gasteiger partial charge in [-0.2, -0.15) is 0 Å². The molecule has 2 N–H and O–H groups in total. The fraction of sp³-hybridized carbons (Fsp3) is 0.188. The number of nitrogens with one attached hydrogen (secondary N) is 2. The molecule has 2 heterocycles. The van der Waals surface area contributed by atoms with Crippen LogP contribution in [0.2, 0.25) is 0 Å². The predicted octanol–water partition coefficient (Wildman–Crippen LogP) is 1.73. The predicted molar refractivity (Wildman–Crippen MR) is 87.1 cm³/mol. The molecule has 0 radical (unpaired) electrons. The molecular formula is C16H16N4O3. The fourth-order valence-electron chi connectivity index (χ4n) is 2.33. The number of fused-ring (bicyclic) bond motifs is 1. The van der Waals surface area contributed by atoms with Gasteiger partial charge in [0.05, 0.1) is 16.9 Å². The average Bonchev–Trinajstić information content (AvgIpc) is 2.54. The minimum Gasteiger partial charge on any atom is -0.479 e. The molecule has 1 aromatic heterocycles. The Kier molecular flexibility index (Phi) is 3.84. The molecule has 0 atom stereocenters. The van der Waals surface area contributed by atoms with Crippen LogP contribution >= 0.6 is 0 Å². The summed E-state index contributed by atoms with van der Waals surface area (Å²) in [6.07, 6.45) is 1.63. The number of benzene rings is 1. The van der Waals surface area contributed by atoms with Gasteiger partial charge in [0.2, 0.25) is 0 Å². The van der Waals surface area contributed by atoms with E-state index in [9.17, 15) is 9.59 Å². The molecule has 0 bridgehead atoms. The van der Waals surface area contributed by atoms with Crippen molar-refractivity contribution >= 4 is 29.0 Å². The van der Waals surface area contributed by atoms with Crippen LogP contribution in [0.1, 0.15) is 10.4 Å². The third-order valence-electron chi connectivity index (χ3n) is 3.34. The summed E-state index contributed by atoms with van der Waals surface area (Å²) in [5.41, 5.74) is 1.49. The van der Waals surface area contributed by atoms with Crippen molar-refractivity contribution in [3.8, 4) is 5.75 Å². The summed E-state index contributed by atoms with van der Waals surface area (Å²) in [4.78, 5) is 29.9. The number of anilines is 3. The van der Waals surface area contributed by atoms with Crippen molar-refractivity contribution in [2.75, 3.05) is 36.2 Å². The van der Waals surface area contributed by atoms with Gasteiger partial charge in [0.1, 0.15) is 5.82 Å². The molecule has 23 heavy (non-hydrogen) atoms. The van der Waals surface area contributed by atoms with Gasteiger partial charge < -0.3 is 20.3 Å². The van der Waals surface area contributed by atoms with Crippen LogP contribution in [0, 0.1) is 0 Å². The third kappa shape index (κ3) is 2.94. The molecule has 0 spiro atoms. The lowest BCUT2D eigenvalue weighted by atomic mass is 10.2. The molecule has 1 aromatic carbocycles. The number of hydrogen-bond donors (Lipinski definition) is 2. The van der Waals surface area contributed by atoms with Crippen molar-refractivity contribution in [3.63, 3.8) is 0 Å². The lowest BCUT2D eigenvalue weighted by Crippen LogP contribution is -2.26. The molecule has 2 aromatic rings. The highest BCUT2D eigenvalue weighted by atomic mass is 16.5. The zero-order chi connectivity index (χ0) is 16.4. The Labute approximate surface area is 133 Å². The van der Waals surface area contributed by atoms with Gasteiger partial charge in [-0.3, -0.25) is 9.59 Å². The second kappa shape index (κ2) is 5.96. The first-order valence-electron chi connectivity index (χ1n) is 7.05. The number of ether oxygens (including phenoxy) is 1. The van der Waals surface area contributed by atoms with Crippen molar-refractivity contribution in [2.24, 2.45) is 0 Å². The SMILES string of the molecule is CN(C)c1ncccc1C(=O)Nc1cccc2c1OCC(=O)N2. The summed E-state index contributed by atoms with van der Waals surface area (Å²) >= 11 is 0. The van der Waals surface area contributed by atoms with E-state index in [0.717, 1.165) is 0 Å². The first-order chi connectivity index (χ1) is 11.1. The summed E-state index contributed by atoms with van der Waals surface area (Å²) in [7, 11) is 3.64. The molecule has 0 fully saturated rings. The normalized spacial score (nSPS) is 12.7. The molecule has 7 heteroatoms. The number of pyridine rings is 1. The van der Waals surface area contributed by atoms with E-state index in [2.05, 4.69) is 15.6 Å². The maximum absolute atomic E-state index is 12.6. The van der Waals surface area contributed by atoms with E-state index in [1.807, 2.05) is 14.1 Å². The molecule has 118 valence electrons. The van der Waals surface area contributed by atoms with E-state index in [4.69, 9.17) is 4.74 Å². The van der Waals surface area contributed by atoms with E-state index in [1.54, 1.807) is 41.4 Å². The van der Waals surface area contributed by atoms with Crippen LogP contribution in [0.3, 0.4) is 0 Å². The van der Waals surface area contributed by atoms with Crippen LogP contribution in [-0.4, -0.2) is 37.5 Å². The van der Waals surface area contributed by atoms with Gasteiger partial charge in [0.25, 0.3) is 11.8 Å². The Bertz CT molecular complexity index is 774. The Morgan fingerprint density at radius 3 is 2.91 bits per heavy atom. The lowest BCUT2D eigenvalue weighted by molar-refractivity contribution is -0.118. The van der Waals surface area contributed by atoms with Crippen molar-refractivity contribution in [3.05, 3.63) is 42.1 Å².